The molecule has 0 aliphatic carbocycles. The van der Waals surface area contributed by atoms with Crippen molar-refractivity contribution in [3.63, 3.8) is 0 Å². The Labute approximate surface area is 155 Å². The van der Waals surface area contributed by atoms with Crippen LogP contribution in [0, 0.1) is 11.8 Å². The molecule has 2 atom stereocenters. The number of ether oxygens (including phenoxy) is 1. The van der Waals surface area contributed by atoms with Crippen LogP contribution in [0.15, 0.2) is 29.2 Å². The number of rotatable bonds is 5. The molecule has 1 amide bonds. The van der Waals surface area contributed by atoms with Crippen molar-refractivity contribution in [2.75, 3.05) is 33.8 Å². The second kappa shape index (κ2) is 8.18. The summed E-state index contributed by atoms with van der Waals surface area (Å²) in [5.74, 6) is -0.357. The summed E-state index contributed by atoms with van der Waals surface area (Å²) in [4.78, 5) is 24.9. The van der Waals surface area contributed by atoms with Gasteiger partial charge in [-0.3, -0.25) is 4.79 Å². The van der Waals surface area contributed by atoms with E-state index >= 15 is 0 Å². The van der Waals surface area contributed by atoms with E-state index in [-0.39, 0.29) is 23.0 Å². The molecule has 0 aromatic heterocycles. The van der Waals surface area contributed by atoms with Crippen LogP contribution in [-0.4, -0.2) is 63.3 Å². The van der Waals surface area contributed by atoms with Crippen LogP contribution >= 0.6 is 0 Å². The molecular weight excluding hydrogens is 356 g/mol. The summed E-state index contributed by atoms with van der Waals surface area (Å²) in [6, 6.07) is 5.63. The quantitative estimate of drug-likeness (QED) is 0.722. The molecule has 144 valence electrons. The van der Waals surface area contributed by atoms with Crippen LogP contribution in [0.3, 0.4) is 0 Å². The predicted octanol–water partition coefficient (Wildman–Crippen LogP) is 1.60. The van der Waals surface area contributed by atoms with Gasteiger partial charge in [-0.1, -0.05) is 13.8 Å². The normalized spacial score (nSPS) is 21.2. The van der Waals surface area contributed by atoms with E-state index in [1.165, 1.54) is 33.5 Å². The summed E-state index contributed by atoms with van der Waals surface area (Å²) >= 11 is 0. The van der Waals surface area contributed by atoms with Crippen molar-refractivity contribution in [1.29, 1.82) is 0 Å². The first-order valence-electron chi connectivity index (χ1n) is 8.58. The van der Waals surface area contributed by atoms with Gasteiger partial charge in [0.25, 0.3) is 5.91 Å². The molecule has 2 rings (SSSR count). The Hall–Kier alpha value is -1.93. The zero-order valence-electron chi connectivity index (χ0n) is 15.6. The summed E-state index contributed by atoms with van der Waals surface area (Å²) in [6.07, 6.45) is 1.02. The van der Waals surface area contributed by atoms with E-state index in [0.717, 1.165) is 6.42 Å². The number of benzene rings is 1. The SMILES string of the molecule is CC1CC(C)CN(S(=O)(=O)c2ccc(C(=O)OCC(=O)N(C)C)cc2)C1. The van der Waals surface area contributed by atoms with E-state index < -0.39 is 16.0 Å². The van der Waals surface area contributed by atoms with E-state index in [1.807, 2.05) is 13.8 Å². The molecule has 8 heteroatoms. The Morgan fingerprint density at radius 2 is 1.65 bits per heavy atom. The van der Waals surface area contributed by atoms with Gasteiger partial charge < -0.3 is 9.64 Å². The molecule has 1 aromatic rings. The van der Waals surface area contributed by atoms with Gasteiger partial charge in [-0.15, -0.1) is 0 Å². The van der Waals surface area contributed by atoms with Gasteiger partial charge in [0.05, 0.1) is 10.5 Å². The second-order valence-electron chi connectivity index (χ2n) is 7.16. The number of carbonyl (C=O) groups is 2. The average Bonchev–Trinajstić information content (AvgIpc) is 2.58. The number of esters is 1. The summed E-state index contributed by atoms with van der Waals surface area (Å²) < 4.78 is 32.1. The van der Waals surface area contributed by atoms with Crippen molar-refractivity contribution in [3.05, 3.63) is 29.8 Å². The summed E-state index contributed by atoms with van der Waals surface area (Å²) in [5.41, 5.74) is 0.205. The fourth-order valence-electron chi connectivity index (χ4n) is 3.05. The maximum absolute atomic E-state index is 12.8. The van der Waals surface area contributed by atoms with Crippen LogP contribution in [0.1, 0.15) is 30.6 Å². The fraction of sp³-hybridized carbons (Fsp3) is 0.556. The minimum absolute atomic E-state index is 0.153. The van der Waals surface area contributed by atoms with Crippen LogP contribution in [0.2, 0.25) is 0 Å². The van der Waals surface area contributed by atoms with Crippen molar-refractivity contribution < 1.29 is 22.7 Å². The first-order valence-corrected chi connectivity index (χ1v) is 10.0. The number of amides is 1. The molecule has 0 bridgehead atoms. The number of piperidine rings is 1. The number of likely N-dealkylation sites (N-methyl/N-ethyl adjacent to an activating group) is 1. The van der Waals surface area contributed by atoms with E-state index in [4.69, 9.17) is 4.74 Å². The van der Waals surface area contributed by atoms with Crippen LogP contribution < -0.4 is 0 Å². The Balaban J connectivity index is 2.08. The van der Waals surface area contributed by atoms with Crippen LogP contribution in [-0.2, 0) is 19.6 Å². The third kappa shape index (κ3) is 4.82. The standard InChI is InChI=1S/C18H26N2O5S/c1-13-9-14(2)11-20(10-13)26(23,24)16-7-5-15(6-8-16)18(22)25-12-17(21)19(3)4/h5-8,13-14H,9-12H2,1-4H3. The highest BCUT2D eigenvalue weighted by Crippen LogP contribution is 2.26. The molecule has 0 saturated carbocycles. The fourth-order valence-corrected chi connectivity index (χ4v) is 4.73. The third-order valence-corrected chi connectivity index (χ3v) is 6.23. The van der Waals surface area contributed by atoms with Crippen molar-refractivity contribution in [2.45, 2.75) is 25.2 Å². The van der Waals surface area contributed by atoms with Crippen LogP contribution in [0.5, 0.6) is 0 Å². The molecule has 1 saturated heterocycles. The van der Waals surface area contributed by atoms with Crippen LogP contribution in [0.4, 0.5) is 0 Å². The van der Waals surface area contributed by atoms with Gasteiger partial charge in [0, 0.05) is 27.2 Å². The molecule has 2 unspecified atom stereocenters. The topological polar surface area (TPSA) is 84.0 Å². The molecule has 1 aliphatic rings. The van der Waals surface area contributed by atoms with Gasteiger partial charge >= 0.3 is 5.97 Å². The number of hydrogen-bond donors (Lipinski definition) is 0. The number of nitrogens with zero attached hydrogens (tertiary/aromatic N) is 2. The van der Waals surface area contributed by atoms with E-state index in [9.17, 15) is 18.0 Å². The van der Waals surface area contributed by atoms with E-state index in [2.05, 4.69) is 0 Å². The lowest BCUT2D eigenvalue weighted by atomic mass is 9.94. The zero-order chi connectivity index (χ0) is 19.5. The minimum atomic E-state index is -3.59. The van der Waals surface area contributed by atoms with Gasteiger partial charge in [-0.25, -0.2) is 13.2 Å². The smallest absolute Gasteiger partial charge is 0.338 e. The van der Waals surface area contributed by atoms with Gasteiger partial charge in [0.1, 0.15) is 0 Å². The molecule has 1 heterocycles. The summed E-state index contributed by atoms with van der Waals surface area (Å²) in [5, 5.41) is 0. The highest BCUT2D eigenvalue weighted by atomic mass is 32.2. The minimum Gasteiger partial charge on any atom is -0.452 e. The Kier molecular flexibility index (Phi) is 6.41. The Morgan fingerprint density at radius 3 is 2.15 bits per heavy atom. The number of hydrogen-bond acceptors (Lipinski definition) is 5. The highest BCUT2D eigenvalue weighted by Gasteiger charge is 2.31. The highest BCUT2D eigenvalue weighted by molar-refractivity contribution is 7.89. The third-order valence-electron chi connectivity index (χ3n) is 4.39. The van der Waals surface area contributed by atoms with E-state index in [1.54, 1.807) is 14.1 Å². The largest absolute Gasteiger partial charge is 0.452 e. The van der Waals surface area contributed by atoms with E-state index in [0.29, 0.717) is 24.9 Å². The molecule has 1 aliphatic heterocycles. The van der Waals surface area contributed by atoms with Crippen molar-refractivity contribution in [2.24, 2.45) is 11.8 Å². The Bertz CT molecular complexity index is 748. The zero-order valence-corrected chi connectivity index (χ0v) is 16.5. The van der Waals surface area contributed by atoms with Gasteiger partial charge in [0.15, 0.2) is 6.61 Å². The molecule has 0 radical (unpaired) electrons. The van der Waals surface area contributed by atoms with Crippen LogP contribution in [0.25, 0.3) is 0 Å². The second-order valence-corrected chi connectivity index (χ2v) is 9.09. The van der Waals surface area contributed by atoms with Crippen molar-refractivity contribution in [3.8, 4) is 0 Å². The lowest BCUT2D eigenvalue weighted by Gasteiger charge is -2.34. The maximum atomic E-state index is 12.8. The molecule has 0 spiro atoms. The molecule has 0 N–H and O–H groups in total. The van der Waals surface area contributed by atoms with Gasteiger partial charge in [-0.05, 0) is 42.5 Å². The molecule has 26 heavy (non-hydrogen) atoms. The first-order chi connectivity index (χ1) is 12.1. The lowest BCUT2D eigenvalue weighted by Crippen LogP contribution is -2.42. The lowest BCUT2D eigenvalue weighted by molar-refractivity contribution is -0.131. The van der Waals surface area contributed by atoms with Crippen molar-refractivity contribution >= 4 is 21.9 Å². The average molecular weight is 382 g/mol. The molecule has 1 aromatic carbocycles. The maximum Gasteiger partial charge on any atom is 0.338 e. The molecular formula is C18H26N2O5S. The number of carbonyl (C=O) groups excluding carboxylic acids is 2. The number of sulfonamides is 1. The van der Waals surface area contributed by atoms with Gasteiger partial charge in [0.2, 0.25) is 10.0 Å². The Morgan fingerprint density at radius 1 is 1.12 bits per heavy atom. The summed E-state index contributed by atoms with van der Waals surface area (Å²) in [7, 11) is -0.452. The molecule has 1 fully saturated rings. The molecule has 7 nitrogen and oxygen atoms in total. The first kappa shape index (κ1) is 20.4. The monoisotopic (exact) mass is 382 g/mol. The summed E-state index contributed by atoms with van der Waals surface area (Å²) in [6.45, 7) is 4.75. The van der Waals surface area contributed by atoms with Crippen molar-refractivity contribution in [1.82, 2.24) is 9.21 Å². The predicted molar refractivity (Wildman–Crippen MR) is 97.1 cm³/mol. The van der Waals surface area contributed by atoms with Gasteiger partial charge in [-0.2, -0.15) is 4.31 Å².